The minimum Gasteiger partial charge on any atom is -0.494 e. The number of nitrogens with zero attached hydrogens (tertiary/aromatic N) is 1. The van der Waals surface area contributed by atoms with E-state index in [1.54, 1.807) is 24.3 Å². The number of carbonyl (C=O) groups is 1. The number of aryl methyl sites for hydroxylation is 1. The number of nitrogens with one attached hydrogen (secondary N) is 2. The molecule has 1 aromatic heterocycles. The maximum absolute atomic E-state index is 13.2. The van der Waals surface area contributed by atoms with E-state index in [0.717, 1.165) is 5.56 Å². The molecule has 0 radical (unpaired) electrons. The fourth-order valence-corrected chi connectivity index (χ4v) is 4.82. The number of anilines is 1. The maximum Gasteiger partial charge on any atom is 0.419 e. The van der Waals surface area contributed by atoms with Gasteiger partial charge in [-0.1, -0.05) is 30.3 Å². The van der Waals surface area contributed by atoms with Gasteiger partial charge in [0.1, 0.15) is 11.8 Å². The number of rotatable bonds is 9. The zero-order chi connectivity index (χ0) is 25.0. The molecule has 1 amide bonds. The number of amides is 1. The summed E-state index contributed by atoms with van der Waals surface area (Å²) >= 11 is 0. The number of fused-ring (bicyclic) bond motifs is 1. The van der Waals surface area contributed by atoms with Gasteiger partial charge in [0.15, 0.2) is 5.58 Å². The molecule has 35 heavy (non-hydrogen) atoms. The van der Waals surface area contributed by atoms with Gasteiger partial charge in [0.2, 0.25) is 15.9 Å². The van der Waals surface area contributed by atoms with E-state index in [2.05, 4.69) is 10.0 Å². The van der Waals surface area contributed by atoms with Crippen molar-refractivity contribution in [2.45, 2.75) is 24.3 Å². The van der Waals surface area contributed by atoms with Crippen LogP contribution in [-0.2, 0) is 28.3 Å². The molecule has 4 rings (SSSR count). The van der Waals surface area contributed by atoms with Gasteiger partial charge < -0.3 is 14.5 Å². The summed E-state index contributed by atoms with van der Waals surface area (Å²) in [6.07, 6.45) is 0.131. The van der Waals surface area contributed by atoms with Crippen LogP contribution in [0, 0.1) is 0 Å². The molecule has 182 valence electrons. The van der Waals surface area contributed by atoms with Crippen molar-refractivity contribution in [3.63, 3.8) is 0 Å². The molecular weight excluding hydrogens is 470 g/mol. The van der Waals surface area contributed by atoms with E-state index < -0.39 is 27.7 Å². The quantitative estimate of drug-likeness (QED) is 0.368. The number of oxazole rings is 1. The standard InChI is InChI=1S/C25H25N3O6S/c1-3-33-19-11-9-18(10-12-19)26-24(29)21(15-17-7-5-4-6-8-17)27-35(31,32)20-13-14-22-23(16-20)34-25(30)28(22)2/h4-14,16,21,27H,3,15H2,1-2H3,(H,26,29)/t21-/m0/s1. The lowest BCUT2D eigenvalue weighted by Crippen LogP contribution is -2.45. The Labute approximate surface area is 202 Å². The van der Waals surface area contributed by atoms with Gasteiger partial charge in [0.25, 0.3) is 0 Å². The van der Waals surface area contributed by atoms with Gasteiger partial charge in [-0.15, -0.1) is 0 Å². The van der Waals surface area contributed by atoms with Crippen LogP contribution in [0.25, 0.3) is 11.1 Å². The van der Waals surface area contributed by atoms with Gasteiger partial charge in [0, 0.05) is 18.8 Å². The number of carbonyl (C=O) groups excluding carboxylic acids is 1. The molecule has 0 saturated heterocycles. The maximum atomic E-state index is 13.2. The zero-order valence-corrected chi connectivity index (χ0v) is 20.0. The van der Waals surface area contributed by atoms with Crippen molar-refractivity contribution >= 4 is 32.7 Å². The largest absolute Gasteiger partial charge is 0.494 e. The van der Waals surface area contributed by atoms with E-state index >= 15 is 0 Å². The smallest absolute Gasteiger partial charge is 0.419 e. The minimum atomic E-state index is -4.13. The van der Waals surface area contributed by atoms with Gasteiger partial charge in [-0.3, -0.25) is 9.36 Å². The van der Waals surface area contributed by atoms with E-state index in [1.807, 2.05) is 37.3 Å². The third-order valence-corrected chi connectivity index (χ3v) is 6.87. The van der Waals surface area contributed by atoms with Crippen LogP contribution >= 0.6 is 0 Å². The highest BCUT2D eigenvalue weighted by Crippen LogP contribution is 2.20. The average molecular weight is 496 g/mol. The second-order valence-electron chi connectivity index (χ2n) is 7.87. The van der Waals surface area contributed by atoms with Crippen LogP contribution in [0.4, 0.5) is 5.69 Å². The van der Waals surface area contributed by atoms with E-state index in [1.165, 1.54) is 29.8 Å². The first-order valence-corrected chi connectivity index (χ1v) is 12.4. The molecule has 1 atom stereocenters. The lowest BCUT2D eigenvalue weighted by atomic mass is 10.1. The first kappa shape index (κ1) is 24.2. The number of sulfonamides is 1. The molecule has 0 unspecified atom stereocenters. The van der Waals surface area contributed by atoms with Crippen LogP contribution < -0.4 is 20.5 Å². The van der Waals surface area contributed by atoms with Crippen molar-refractivity contribution in [1.82, 2.24) is 9.29 Å². The van der Waals surface area contributed by atoms with Crippen molar-refractivity contribution in [1.29, 1.82) is 0 Å². The molecule has 0 saturated carbocycles. The summed E-state index contributed by atoms with van der Waals surface area (Å²) in [4.78, 5) is 24.8. The summed E-state index contributed by atoms with van der Waals surface area (Å²) in [6, 6.07) is 18.9. The van der Waals surface area contributed by atoms with Gasteiger partial charge in [0.05, 0.1) is 17.0 Å². The molecule has 0 aliphatic carbocycles. The first-order valence-electron chi connectivity index (χ1n) is 11.0. The van der Waals surface area contributed by atoms with Crippen LogP contribution in [0.15, 0.2) is 86.9 Å². The normalized spacial score (nSPS) is 12.4. The molecular formula is C25H25N3O6S. The van der Waals surface area contributed by atoms with E-state index in [-0.39, 0.29) is 16.9 Å². The average Bonchev–Trinajstić information content (AvgIpc) is 3.13. The SMILES string of the molecule is CCOc1ccc(NC(=O)[C@H](Cc2ccccc2)NS(=O)(=O)c2ccc3c(c2)oc(=O)n3C)cc1. The number of benzene rings is 3. The highest BCUT2D eigenvalue weighted by molar-refractivity contribution is 7.89. The van der Waals surface area contributed by atoms with Crippen molar-refractivity contribution in [3.8, 4) is 5.75 Å². The molecule has 4 aromatic rings. The molecule has 2 N–H and O–H groups in total. The Morgan fingerprint density at radius 1 is 1.06 bits per heavy atom. The Bertz CT molecular complexity index is 1490. The lowest BCUT2D eigenvalue weighted by molar-refractivity contribution is -0.117. The fourth-order valence-electron chi connectivity index (χ4n) is 3.60. The summed E-state index contributed by atoms with van der Waals surface area (Å²) in [5.41, 5.74) is 1.89. The third-order valence-electron chi connectivity index (χ3n) is 5.40. The highest BCUT2D eigenvalue weighted by Gasteiger charge is 2.27. The first-order chi connectivity index (χ1) is 16.8. The number of hydrogen-bond acceptors (Lipinski definition) is 6. The Hall–Kier alpha value is -3.89. The van der Waals surface area contributed by atoms with Gasteiger partial charge in [-0.2, -0.15) is 4.72 Å². The molecule has 0 bridgehead atoms. The molecule has 0 aliphatic rings. The van der Waals surface area contributed by atoms with Gasteiger partial charge in [-0.25, -0.2) is 13.2 Å². The molecule has 3 aromatic carbocycles. The van der Waals surface area contributed by atoms with Crippen molar-refractivity contribution in [3.05, 3.63) is 88.9 Å². The summed E-state index contributed by atoms with van der Waals surface area (Å²) < 4.78 is 40.7. The molecule has 0 aliphatic heterocycles. The fraction of sp³-hybridized carbons (Fsp3) is 0.200. The van der Waals surface area contributed by atoms with Crippen molar-refractivity contribution < 1.29 is 22.4 Å². The van der Waals surface area contributed by atoms with E-state index in [4.69, 9.17) is 9.15 Å². The Morgan fingerprint density at radius 2 is 1.77 bits per heavy atom. The van der Waals surface area contributed by atoms with Crippen LogP contribution in [0.1, 0.15) is 12.5 Å². The summed E-state index contributed by atoms with van der Waals surface area (Å²) in [5.74, 6) is -0.455. The molecule has 9 nitrogen and oxygen atoms in total. The number of hydrogen-bond donors (Lipinski definition) is 2. The molecule has 0 fully saturated rings. The predicted molar refractivity (Wildman–Crippen MR) is 132 cm³/mol. The van der Waals surface area contributed by atoms with Crippen LogP contribution in [-0.4, -0.2) is 31.5 Å². The molecule has 1 heterocycles. The van der Waals surface area contributed by atoms with Crippen molar-refractivity contribution in [2.24, 2.45) is 7.05 Å². The lowest BCUT2D eigenvalue weighted by Gasteiger charge is -2.19. The second kappa shape index (κ2) is 10.2. The minimum absolute atomic E-state index is 0.119. The van der Waals surface area contributed by atoms with E-state index in [0.29, 0.717) is 23.6 Å². The van der Waals surface area contributed by atoms with Gasteiger partial charge in [-0.05, 0) is 55.3 Å². The van der Waals surface area contributed by atoms with Crippen LogP contribution in [0.3, 0.4) is 0 Å². The monoisotopic (exact) mass is 495 g/mol. The van der Waals surface area contributed by atoms with E-state index in [9.17, 15) is 18.0 Å². The topological polar surface area (TPSA) is 120 Å². The van der Waals surface area contributed by atoms with Crippen LogP contribution in [0.5, 0.6) is 5.75 Å². The third kappa shape index (κ3) is 5.61. The zero-order valence-electron chi connectivity index (χ0n) is 19.2. The Morgan fingerprint density at radius 3 is 2.46 bits per heavy atom. The highest BCUT2D eigenvalue weighted by atomic mass is 32.2. The van der Waals surface area contributed by atoms with Gasteiger partial charge >= 0.3 is 5.76 Å². The predicted octanol–water partition coefficient (Wildman–Crippen LogP) is 3.06. The summed E-state index contributed by atoms with van der Waals surface area (Å²) in [5, 5.41) is 2.76. The molecule has 0 spiro atoms. The second-order valence-corrected chi connectivity index (χ2v) is 9.58. The summed E-state index contributed by atoms with van der Waals surface area (Å²) in [7, 11) is -2.60. The number of aromatic nitrogens is 1. The Kier molecular flexibility index (Phi) is 7.04. The number of ether oxygens (including phenoxy) is 1. The summed E-state index contributed by atoms with van der Waals surface area (Å²) in [6.45, 7) is 2.39. The Balaban J connectivity index is 1.60. The van der Waals surface area contributed by atoms with Crippen LogP contribution in [0.2, 0.25) is 0 Å². The van der Waals surface area contributed by atoms with Crippen molar-refractivity contribution in [2.75, 3.05) is 11.9 Å². The molecule has 10 heteroatoms.